The van der Waals surface area contributed by atoms with E-state index in [0.717, 1.165) is 38.5 Å². The van der Waals surface area contributed by atoms with Crippen molar-refractivity contribution in [1.82, 2.24) is 5.32 Å². The molecule has 0 rings (SSSR count). The van der Waals surface area contributed by atoms with Gasteiger partial charge in [-0.05, 0) is 6.42 Å². The van der Waals surface area contributed by atoms with Crippen LogP contribution < -0.4 is 5.32 Å². The molecule has 0 aliphatic heterocycles. The monoisotopic (exact) mass is 283 g/mol. The molecule has 0 spiro atoms. The van der Waals surface area contributed by atoms with E-state index >= 15 is 0 Å². The average molecular weight is 283 g/mol. The Balaban J connectivity index is 3.04. The van der Waals surface area contributed by atoms with E-state index in [1.165, 1.54) is 12.7 Å². The van der Waals surface area contributed by atoms with Crippen LogP contribution in [0.4, 0.5) is 0 Å². The van der Waals surface area contributed by atoms with E-state index in [4.69, 9.17) is 4.74 Å². The van der Waals surface area contributed by atoms with Gasteiger partial charge in [0.25, 0.3) is 0 Å². The molecule has 0 aliphatic rings. The van der Waals surface area contributed by atoms with Gasteiger partial charge in [-0.1, -0.05) is 13.3 Å². The van der Waals surface area contributed by atoms with Gasteiger partial charge in [0.15, 0.2) is 0 Å². The van der Waals surface area contributed by atoms with Crippen molar-refractivity contribution in [2.24, 2.45) is 0 Å². The first-order chi connectivity index (χ1) is 8.06. The van der Waals surface area contributed by atoms with Gasteiger partial charge in [-0.15, -0.1) is 0 Å². The van der Waals surface area contributed by atoms with Crippen molar-refractivity contribution in [3.63, 3.8) is 0 Å². The molecule has 0 fully saturated rings. The number of sulfone groups is 1. The lowest BCUT2D eigenvalue weighted by molar-refractivity contribution is 0.133. The molecule has 104 valence electrons. The van der Waals surface area contributed by atoms with E-state index in [1.807, 2.05) is 0 Å². The molecule has 0 aliphatic carbocycles. The summed E-state index contributed by atoms with van der Waals surface area (Å²) in [6, 6.07) is 0. The van der Waals surface area contributed by atoms with Crippen LogP contribution in [0.2, 0.25) is 0 Å². The van der Waals surface area contributed by atoms with Crippen LogP contribution in [-0.2, 0) is 14.6 Å². The minimum Gasteiger partial charge on any atom is -0.380 e. The second kappa shape index (κ2) is 11.3. The van der Waals surface area contributed by atoms with E-state index < -0.39 is 9.84 Å². The summed E-state index contributed by atoms with van der Waals surface area (Å²) in [7, 11) is -2.80. The zero-order chi connectivity index (χ0) is 13.0. The molecule has 0 saturated heterocycles. The maximum Gasteiger partial charge on any atom is 0.148 e. The van der Waals surface area contributed by atoms with Gasteiger partial charge in [-0.25, -0.2) is 8.42 Å². The van der Waals surface area contributed by atoms with E-state index in [-0.39, 0.29) is 5.75 Å². The van der Waals surface area contributed by atoms with Crippen LogP contribution in [-0.4, -0.2) is 58.2 Å². The first kappa shape index (κ1) is 17.2. The molecule has 0 heterocycles. The lowest BCUT2D eigenvalue weighted by atomic mass is 10.4. The summed E-state index contributed by atoms with van der Waals surface area (Å²) in [6.45, 7) is 5.53. The van der Waals surface area contributed by atoms with Gasteiger partial charge in [0.1, 0.15) is 9.84 Å². The van der Waals surface area contributed by atoms with Crippen LogP contribution in [0.3, 0.4) is 0 Å². The quantitative estimate of drug-likeness (QED) is 0.545. The van der Waals surface area contributed by atoms with Gasteiger partial charge in [0.05, 0.1) is 12.4 Å². The predicted molar refractivity (Wildman–Crippen MR) is 75.6 cm³/mol. The molecule has 0 aromatic rings. The zero-order valence-electron chi connectivity index (χ0n) is 10.9. The predicted octanol–water partition coefficient (Wildman–Crippen LogP) is 1.17. The summed E-state index contributed by atoms with van der Waals surface area (Å²) in [4.78, 5) is 0. The van der Waals surface area contributed by atoms with E-state index in [1.54, 1.807) is 11.8 Å². The molecule has 0 saturated carbocycles. The number of nitrogens with one attached hydrogen (secondary N) is 1. The van der Waals surface area contributed by atoms with Crippen LogP contribution in [0.5, 0.6) is 0 Å². The normalized spacial score (nSPS) is 11.9. The Bertz CT molecular complexity index is 255. The minimum atomic E-state index is -2.80. The molecule has 0 unspecified atom stereocenters. The minimum absolute atomic E-state index is 0.276. The van der Waals surface area contributed by atoms with Gasteiger partial charge in [-0.2, -0.15) is 11.8 Å². The molecule has 0 atom stereocenters. The first-order valence-corrected chi connectivity index (χ1v) is 9.31. The van der Waals surface area contributed by atoms with Crippen LogP contribution in [0.1, 0.15) is 19.8 Å². The summed E-state index contributed by atoms with van der Waals surface area (Å²) in [5, 5.41) is 3.26. The number of unbranched alkanes of at least 4 members (excludes halogenated alkanes) is 1. The van der Waals surface area contributed by atoms with Crippen molar-refractivity contribution in [2.75, 3.05) is 49.8 Å². The maximum absolute atomic E-state index is 10.8. The Hall–Kier alpha value is 0.220. The largest absolute Gasteiger partial charge is 0.380 e. The Kier molecular flexibility index (Phi) is 11.5. The number of ether oxygens (including phenoxy) is 1. The number of hydrogen-bond acceptors (Lipinski definition) is 5. The second-order valence-corrected chi connectivity index (χ2v) is 7.44. The first-order valence-electron chi connectivity index (χ1n) is 6.10. The molecular formula is C11H25NO3S2. The van der Waals surface area contributed by atoms with Gasteiger partial charge < -0.3 is 10.1 Å². The highest BCUT2D eigenvalue weighted by Gasteiger charge is 2.00. The summed E-state index contributed by atoms with van der Waals surface area (Å²) in [5.74, 6) is 1.91. The Morgan fingerprint density at radius 2 is 1.94 bits per heavy atom. The van der Waals surface area contributed by atoms with Crippen molar-refractivity contribution in [3.8, 4) is 0 Å². The van der Waals surface area contributed by atoms with E-state index in [9.17, 15) is 8.42 Å². The fourth-order valence-corrected chi connectivity index (χ4v) is 3.25. The summed E-state index contributed by atoms with van der Waals surface area (Å²) < 4.78 is 27.1. The van der Waals surface area contributed by atoms with Crippen molar-refractivity contribution < 1.29 is 13.2 Å². The molecule has 17 heavy (non-hydrogen) atoms. The Morgan fingerprint density at radius 1 is 1.18 bits per heavy atom. The molecule has 4 nitrogen and oxygen atoms in total. The van der Waals surface area contributed by atoms with Gasteiger partial charge in [0, 0.05) is 37.5 Å². The highest BCUT2D eigenvalue weighted by Crippen LogP contribution is 1.99. The summed E-state index contributed by atoms with van der Waals surface area (Å²) in [6.07, 6.45) is 3.57. The zero-order valence-corrected chi connectivity index (χ0v) is 12.5. The van der Waals surface area contributed by atoms with Crippen LogP contribution in [0, 0.1) is 0 Å². The topological polar surface area (TPSA) is 55.4 Å². The smallest absolute Gasteiger partial charge is 0.148 e. The van der Waals surface area contributed by atoms with Crippen LogP contribution in [0.25, 0.3) is 0 Å². The van der Waals surface area contributed by atoms with Crippen molar-refractivity contribution in [3.05, 3.63) is 0 Å². The highest BCUT2D eigenvalue weighted by atomic mass is 32.2. The van der Waals surface area contributed by atoms with Crippen LogP contribution >= 0.6 is 11.8 Å². The molecule has 6 heteroatoms. The number of hydrogen-bond donors (Lipinski definition) is 1. The average Bonchev–Trinajstić information content (AvgIpc) is 2.24. The van der Waals surface area contributed by atoms with Crippen molar-refractivity contribution in [2.45, 2.75) is 19.8 Å². The lowest BCUT2D eigenvalue weighted by Gasteiger charge is -2.05. The van der Waals surface area contributed by atoms with Crippen molar-refractivity contribution >= 4 is 21.6 Å². The summed E-state index contributed by atoms with van der Waals surface area (Å²) in [5.41, 5.74) is 0. The second-order valence-electron chi connectivity index (χ2n) is 3.96. The van der Waals surface area contributed by atoms with Gasteiger partial charge >= 0.3 is 0 Å². The van der Waals surface area contributed by atoms with Crippen molar-refractivity contribution in [1.29, 1.82) is 0 Å². The standard InChI is InChI=1S/C11H25NO3S2/c1-3-4-7-15-8-5-12-6-9-16-10-11-17(2,13)14/h12H,3-11H2,1-2H3. The third-order valence-electron chi connectivity index (χ3n) is 2.09. The van der Waals surface area contributed by atoms with Gasteiger partial charge in [0.2, 0.25) is 0 Å². The third-order valence-corrected chi connectivity index (χ3v) is 4.28. The third kappa shape index (κ3) is 16.2. The van der Waals surface area contributed by atoms with Gasteiger partial charge in [-0.3, -0.25) is 0 Å². The molecule has 0 amide bonds. The Morgan fingerprint density at radius 3 is 2.59 bits per heavy atom. The fourth-order valence-electron chi connectivity index (χ4n) is 1.07. The molecule has 0 aromatic carbocycles. The molecule has 0 radical (unpaired) electrons. The lowest BCUT2D eigenvalue weighted by Crippen LogP contribution is -2.22. The fraction of sp³-hybridized carbons (Fsp3) is 1.00. The molecule has 1 N–H and O–H groups in total. The van der Waals surface area contributed by atoms with E-state index in [0.29, 0.717) is 5.75 Å². The maximum atomic E-state index is 10.8. The van der Waals surface area contributed by atoms with Crippen LogP contribution in [0.15, 0.2) is 0 Å². The summed E-state index contributed by atoms with van der Waals surface area (Å²) >= 11 is 1.67. The number of thioether (sulfide) groups is 1. The number of rotatable bonds is 12. The molecule has 0 bridgehead atoms. The Labute approximate surface area is 110 Å². The highest BCUT2D eigenvalue weighted by molar-refractivity contribution is 8.00. The van der Waals surface area contributed by atoms with E-state index in [2.05, 4.69) is 12.2 Å². The molecule has 0 aromatic heterocycles. The molecular weight excluding hydrogens is 258 g/mol. The SMILES string of the molecule is CCCCOCCNCCSCCS(C)(=O)=O.